The molecule has 1 unspecified atom stereocenters. The Hall–Kier alpha value is -4.06. The second kappa shape index (κ2) is 11.3. The summed E-state index contributed by atoms with van der Waals surface area (Å²) in [6.07, 6.45) is 4.15. The number of unbranched alkanes of at least 4 members (excludes halogenated alkanes) is 2. The lowest BCUT2D eigenvalue weighted by Crippen LogP contribution is -2.31. The summed E-state index contributed by atoms with van der Waals surface area (Å²) in [5.74, 6) is 1.61. The number of ether oxygens (including phenoxy) is 2. The Morgan fingerprint density at radius 2 is 1.65 bits per heavy atom. The number of fused-ring (bicyclic) bond motifs is 1. The molecular weight excluding hydrogens is 462 g/mol. The molecule has 1 aliphatic heterocycles. The fourth-order valence-corrected chi connectivity index (χ4v) is 4.93. The minimum absolute atomic E-state index is 0.0249. The number of nitrogens with zero attached hydrogens (tertiary/aromatic N) is 2. The molecule has 1 N–H and O–H groups in total. The summed E-state index contributed by atoms with van der Waals surface area (Å²) in [4.78, 5) is 15.6. The number of carbonyl (C=O) groups is 1. The van der Waals surface area contributed by atoms with E-state index in [-0.39, 0.29) is 11.9 Å². The molecule has 0 spiro atoms. The molecule has 3 aromatic carbocycles. The summed E-state index contributed by atoms with van der Waals surface area (Å²) in [5, 5.41) is 7.63. The Labute approximate surface area is 218 Å². The molecule has 190 valence electrons. The summed E-state index contributed by atoms with van der Waals surface area (Å²) in [6.45, 7) is 3.50. The zero-order valence-corrected chi connectivity index (χ0v) is 21.4. The highest BCUT2D eigenvalue weighted by atomic mass is 16.5. The van der Waals surface area contributed by atoms with Gasteiger partial charge in [-0.1, -0.05) is 62.2 Å². The third-order valence-corrected chi connectivity index (χ3v) is 6.92. The summed E-state index contributed by atoms with van der Waals surface area (Å²) >= 11 is 0. The molecular formula is C31H33N3O3. The van der Waals surface area contributed by atoms with Gasteiger partial charge in [0.1, 0.15) is 17.2 Å². The summed E-state index contributed by atoms with van der Waals surface area (Å²) in [7, 11) is 1.65. The highest BCUT2D eigenvalue weighted by molar-refractivity contribution is 6.00. The minimum atomic E-state index is -0.240. The standard InChI is InChI=1S/C31H33N3O3/c1-3-4-8-21-37-26-17-13-24(14-18-26)30-27-28(23-11-15-25(36-2)16-12-23)32-33-29(27)31(35)34(30)20-19-22-9-6-5-7-10-22/h5-7,9-18,30H,3-4,8,19-21H2,1-2H3,(H,32,33). The number of methoxy groups -OCH3 is 1. The van der Waals surface area contributed by atoms with Gasteiger partial charge in [0.25, 0.3) is 5.91 Å². The molecule has 2 heterocycles. The number of hydrogen-bond acceptors (Lipinski definition) is 4. The number of rotatable bonds is 11. The van der Waals surface area contributed by atoms with Crippen LogP contribution in [0.1, 0.15) is 59.4 Å². The van der Waals surface area contributed by atoms with E-state index in [4.69, 9.17) is 9.47 Å². The van der Waals surface area contributed by atoms with Gasteiger partial charge >= 0.3 is 0 Å². The topological polar surface area (TPSA) is 67.5 Å². The van der Waals surface area contributed by atoms with Crippen molar-refractivity contribution < 1.29 is 14.3 Å². The van der Waals surface area contributed by atoms with E-state index in [1.165, 1.54) is 12.0 Å². The van der Waals surface area contributed by atoms with Crippen LogP contribution in [0.2, 0.25) is 0 Å². The van der Waals surface area contributed by atoms with Crippen molar-refractivity contribution in [3.05, 3.63) is 101 Å². The van der Waals surface area contributed by atoms with Crippen LogP contribution in [0.3, 0.4) is 0 Å². The van der Waals surface area contributed by atoms with Crippen molar-refractivity contribution in [3.63, 3.8) is 0 Å². The third kappa shape index (κ3) is 5.24. The Morgan fingerprint density at radius 1 is 0.919 bits per heavy atom. The quantitative estimate of drug-likeness (QED) is 0.243. The van der Waals surface area contributed by atoms with Gasteiger partial charge in [-0.05, 0) is 60.4 Å². The number of H-pyrrole nitrogens is 1. The second-order valence-corrected chi connectivity index (χ2v) is 9.35. The second-order valence-electron chi connectivity index (χ2n) is 9.35. The van der Waals surface area contributed by atoms with Crippen LogP contribution in [-0.2, 0) is 6.42 Å². The van der Waals surface area contributed by atoms with Crippen molar-refractivity contribution in [2.75, 3.05) is 20.3 Å². The van der Waals surface area contributed by atoms with Crippen molar-refractivity contribution in [3.8, 4) is 22.8 Å². The first-order chi connectivity index (χ1) is 18.2. The smallest absolute Gasteiger partial charge is 0.273 e. The van der Waals surface area contributed by atoms with E-state index in [1.54, 1.807) is 7.11 Å². The molecule has 6 nitrogen and oxygen atoms in total. The molecule has 6 heteroatoms. The lowest BCUT2D eigenvalue weighted by molar-refractivity contribution is 0.0746. The Balaban J connectivity index is 1.47. The zero-order valence-electron chi connectivity index (χ0n) is 21.4. The van der Waals surface area contributed by atoms with Crippen LogP contribution in [0.15, 0.2) is 78.9 Å². The van der Waals surface area contributed by atoms with Crippen molar-refractivity contribution in [1.82, 2.24) is 15.1 Å². The first kappa shape index (κ1) is 24.6. The Bertz CT molecular complexity index is 1310. The van der Waals surface area contributed by atoms with Crippen molar-refractivity contribution in [2.24, 2.45) is 0 Å². The first-order valence-electron chi connectivity index (χ1n) is 13.0. The van der Waals surface area contributed by atoms with Crippen molar-refractivity contribution in [1.29, 1.82) is 0 Å². The Morgan fingerprint density at radius 3 is 2.35 bits per heavy atom. The number of nitrogens with one attached hydrogen (secondary N) is 1. The predicted molar refractivity (Wildman–Crippen MR) is 145 cm³/mol. The zero-order chi connectivity index (χ0) is 25.6. The van der Waals surface area contributed by atoms with Gasteiger partial charge in [-0.15, -0.1) is 0 Å². The van der Waals surface area contributed by atoms with Crippen LogP contribution in [0.4, 0.5) is 0 Å². The average Bonchev–Trinajstić information content (AvgIpc) is 3.49. The Kier molecular flexibility index (Phi) is 7.54. The predicted octanol–water partition coefficient (Wildman–Crippen LogP) is 6.44. The molecule has 1 amide bonds. The van der Waals surface area contributed by atoms with Crippen molar-refractivity contribution >= 4 is 5.91 Å². The molecule has 0 saturated carbocycles. The number of benzene rings is 3. The highest BCUT2D eigenvalue weighted by Gasteiger charge is 2.41. The fraction of sp³-hybridized carbons (Fsp3) is 0.290. The molecule has 1 atom stereocenters. The third-order valence-electron chi connectivity index (χ3n) is 6.92. The van der Waals surface area contributed by atoms with E-state index in [0.29, 0.717) is 18.8 Å². The van der Waals surface area contributed by atoms with Crippen LogP contribution in [0.5, 0.6) is 11.5 Å². The molecule has 1 aliphatic rings. The van der Waals surface area contributed by atoms with E-state index < -0.39 is 0 Å². The molecule has 5 rings (SSSR count). The first-order valence-corrected chi connectivity index (χ1v) is 13.0. The molecule has 1 aromatic heterocycles. The molecule has 37 heavy (non-hydrogen) atoms. The van der Waals surface area contributed by atoms with Gasteiger partial charge in [-0.2, -0.15) is 5.10 Å². The summed E-state index contributed by atoms with van der Waals surface area (Å²) < 4.78 is 11.3. The van der Waals surface area contributed by atoms with Crippen LogP contribution >= 0.6 is 0 Å². The van der Waals surface area contributed by atoms with E-state index in [2.05, 4.69) is 41.4 Å². The van der Waals surface area contributed by atoms with Gasteiger partial charge in [-0.3, -0.25) is 9.89 Å². The van der Waals surface area contributed by atoms with E-state index >= 15 is 0 Å². The van der Waals surface area contributed by atoms with Crippen LogP contribution < -0.4 is 9.47 Å². The molecule has 0 saturated heterocycles. The largest absolute Gasteiger partial charge is 0.497 e. The monoisotopic (exact) mass is 495 g/mol. The number of aromatic amines is 1. The highest BCUT2D eigenvalue weighted by Crippen LogP contribution is 2.43. The summed E-state index contributed by atoms with van der Waals surface area (Å²) in [5.41, 5.74) is 5.45. The normalized spacial score (nSPS) is 14.6. The van der Waals surface area contributed by atoms with Gasteiger partial charge in [0.15, 0.2) is 0 Å². The SMILES string of the molecule is CCCCCOc1ccc(C2c3c(-c4ccc(OC)cc4)n[nH]c3C(=O)N2CCc2ccccc2)cc1. The number of carbonyl (C=O) groups excluding carboxylic acids is 1. The fourth-order valence-electron chi connectivity index (χ4n) is 4.93. The van der Waals surface area contributed by atoms with Gasteiger partial charge in [0.2, 0.25) is 0 Å². The number of amides is 1. The van der Waals surface area contributed by atoms with Gasteiger partial charge in [0, 0.05) is 17.7 Å². The average molecular weight is 496 g/mol. The van der Waals surface area contributed by atoms with Crippen LogP contribution in [0, 0.1) is 0 Å². The molecule has 0 aliphatic carbocycles. The number of hydrogen-bond donors (Lipinski definition) is 1. The van der Waals surface area contributed by atoms with Gasteiger partial charge in [-0.25, -0.2) is 0 Å². The van der Waals surface area contributed by atoms with E-state index in [0.717, 1.165) is 53.1 Å². The molecule has 0 bridgehead atoms. The maximum absolute atomic E-state index is 13.6. The minimum Gasteiger partial charge on any atom is -0.497 e. The lowest BCUT2D eigenvalue weighted by Gasteiger charge is -2.26. The van der Waals surface area contributed by atoms with Crippen molar-refractivity contribution in [2.45, 2.75) is 38.6 Å². The molecule has 0 radical (unpaired) electrons. The van der Waals surface area contributed by atoms with Gasteiger partial charge in [0.05, 0.1) is 25.5 Å². The van der Waals surface area contributed by atoms with E-state index in [9.17, 15) is 4.79 Å². The molecule has 4 aromatic rings. The number of aromatic nitrogens is 2. The maximum Gasteiger partial charge on any atom is 0.273 e. The van der Waals surface area contributed by atoms with Crippen LogP contribution in [-0.4, -0.2) is 41.3 Å². The summed E-state index contributed by atoms with van der Waals surface area (Å²) in [6, 6.07) is 26.0. The van der Waals surface area contributed by atoms with Gasteiger partial charge < -0.3 is 14.4 Å². The lowest BCUT2D eigenvalue weighted by atomic mass is 9.95. The van der Waals surface area contributed by atoms with Crippen LogP contribution in [0.25, 0.3) is 11.3 Å². The maximum atomic E-state index is 13.6. The van der Waals surface area contributed by atoms with E-state index in [1.807, 2.05) is 59.5 Å². The molecule has 0 fully saturated rings.